The van der Waals surface area contributed by atoms with Crippen LogP contribution in [0.3, 0.4) is 0 Å². The third-order valence-electron chi connectivity index (χ3n) is 3.79. The summed E-state index contributed by atoms with van der Waals surface area (Å²) in [6, 6.07) is 6.50. The second-order valence-electron chi connectivity index (χ2n) is 4.96. The molecule has 2 aliphatic heterocycles. The molecule has 0 aliphatic carbocycles. The molecule has 0 bridgehead atoms. The SMILES string of the molecule is CCN1CCC(Oc2ccc3c(c2)CNC3)C1. The van der Waals surface area contributed by atoms with Gasteiger partial charge < -0.3 is 10.1 Å². The van der Waals surface area contributed by atoms with Crippen molar-refractivity contribution in [3.8, 4) is 5.75 Å². The predicted octanol–water partition coefficient (Wildman–Crippen LogP) is 1.76. The fraction of sp³-hybridized carbons (Fsp3) is 0.571. The highest BCUT2D eigenvalue weighted by Gasteiger charge is 2.23. The largest absolute Gasteiger partial charge is 0.489 e. The summed E-state index contributed by atoms with van der Waals surface area (Å²) in [6.45, 7) is 7.58. The lowest BCUT2D eigenvalue weighted by Crippen LogP contribution is -2.24. The Bertz CT molecular complexity index is 405. The number of nitrogens with one attached hydrogen (secondary N) is 1. The van der Waals surface area contributed by atoms with Gasteiger partial charge in [0.25, 0.3) is 0 Å². The van der Waals surface area contributed by atoms with Crippen LogP contribution in [0.25, 0.3) is 0 Å². The van der Waals surface area contributed by atoms with E-state index in [0.717, 1.165) is 38.3 Å². The van der Waals surface area contributed by atoms with E-state index in [2.05, 4.69) is 35.3 Å². The standard InChI is InChI=1S/C14H20N2O/c1-2-16-6-5-14(10-16)17-13-4-3-11-8-15-9-12(11)7-13/h3-4,7,14-15H,2,5-6,8-10H2,1H3. The van der Waals surface area contributed by atoms with Gasteiger partial charge in [0.05, 0.1) is 0 Å². The number of nitrogens with zero attached hydrogens (tertiary/aromatic N) is 1. The fourth-order valence-corrected chi connectivity index (χ4v) is 2.72. The van der Waals surface area contributed by atoms with Crippen molar-refractivity contribution >= 4 is 0 Å². The molecule has 1 aromatic rings. The molecule has 0 spiro atoms. The zero-order chi connectivity index (χ0) is 11.7. The maximum absolute atomic E-state index is 6.06. The summed E-state index contributed by atoms with van der Waals surface area (Å²) in [4.78, 5) is 2.44. The Morgan fingerprint density at radius 1 is 1.35 bits per heavy atom. The van der Waals surface area contributed by atoms with Gasteiger partial charge in [-0.05, 0) is 36.2 Å². The van der Waals surface area contributed by atoms with E-state index in [9.17, 15) is 0 Å². The molecule has 0 saturated carbocycles. The number of benzene rings is 1. The van der Waals surface area contributed by atoms with Crippen LogP contribution in [0.1, 0.15) is 24.5 Å². The van der Waals surface area contributed by atoms with Gasteiger partial charge in [-0.2, -0.15) is 0 Å². The van der Waals surface area contributed by atoms with E-state index >= 15 is 0 Å². The monoisotopic (exact) mass is 232 g/mol. The molecular formula is C14H20N2O. The van der Waals surface area contributed by atoms with Gasteiger partial charge >= 0.3 is 0 Å². The van der Waals surface area contributed by atoms with Crippen LogP contribution < -0.4 is 10.1 Å². The summed E-state index contributed by atoms with van der Waals surface area (Å²) in [6.07, 6.45) is 1.53. The van der Waals surface area contributed by atoms with E-state index in [0.29, 0.717) is 6.10 Å². The van der Waals surface area contributed by atoms with Gasteiger partial charge in [-0.1, -0.05) is 13.0 Å². The summed E-state index contributed by atoms with van der Waals surface area (Å²) in [5, 5.41) is 3.36. The van der Waals surface area contributed by atoms with E-state index in [1.807, 2.05) is 0 Å². The average Bonchev–Trinajstić information content (AvgIpc) is 2.96. The normalized spacial score (nSPS) is 23.9. The second kappa shape index (κ2) is 4.67. The maximum atomic E-state index is 6.06. The number of ether oxygens (including phenoxy) is 1. The fourth-order valence-electron chi connectivity index (χ4n) is 2.72. The van der Waals surface area contributed by atoms with Crippen LogP contribution in [0.2, 0.25) is 0 Å². The summed E-state index contributed by atoms with van der Waals surface area (Å²) >= 11 is 0. The lowest BCUT2D eigenvalue weighted by atomic mass is 10.1. The van der Waals surface area contributed by atoms with E-state index in [1.54, 1.807) is 0 Å². The molecule has 92 valence electrons. The Labute approximate surface area is 103 Å². The number of hydrogen-bond donors (Lipinski definition) is 1. The molecule has 2 aliphatic rings. The third kappa shape index (κ3) is 2.31. The van der Waals surface area contributed by atoms with Crippen molar-refractivity contribution in [1.82, 2.24) is 10.2 Å². The predicted molar refractivity (Wildman–Crippen MR) is 68.1 cm³/mol. The molecule has 3 heteroatoms. The van der Waals surface area contributed by atoms with Gasteiger partial charge in [-0.3, -0.25) is 4.90 Å². The zero-order valence-corrected chi connectivity index (χ0v) is 10.4. The van der Waals surface area contributed by atoms with Crippen molar-refractivity contribution in [2.75, 3.05) is 19.6 Å². The van der Waals surface area contributed by atoms with E-state index in [-0.39, 0.29) is 0 Å². The number of hydrogen-bond acceptors (Lipinski definition) is 3. The third-order valence-corrected chi connectivity index (χ3v) is 3.79. The molecule has 0 amide bonds. The Kier molecular flexibility index (Phi) is 3.04. The van der Waals surface area contributed by atoms with Crippen molar-refractivity contribution < 1.29 is 4.74 Å². The highest BCUT2D eigenvalue weighted by Crippen LogP contribution is 2.24. The first kappa shape index (κ1) is 11.1. The molecule has 3 rings (SSSR count). The second-order valence-corrected chi connectivity index (χ2v) is 4.96. The Morgan fingerprint density at radius 3 is 3.06 bits per heavy atom. The number of rotatable bonds is 3. The minimum Gasteiger partial charge on any atom is -0.489 e. The molecule has 1 fully saturated rings. The van der Waals surface area contributed by atoms with E-state index in [4.69, 9.17) is 4.74 Å². The minimum atomic E-state index is 0.377. The van der Waals surface area contributed by atoms with Gasteiger partial charge in [0.1, 0.15) is 11.9 Å². The van der Waals surface area contributed by atoms with Gasteiger partial charge in [-0.15, -0.1) is 0 Å². The van der Waals surface area contributed by atoms with Crippen molar-refractivity contribution in [2.24, 2.45) is 0 Å². The van der Waals surface area contributed by atoms with Crippen LogP contribution >= 0.6 is 0 Å². The van der Waals surface area contributed by atoms with Crippen molar-refractivity contribution in [2.45, 2.75) is 32.5 Å². The Balaban J connectivity index is 1.65. The Morgan fingerprint density at radius 2 is 2.24 bits per heavy atom. The molecule has 2 heterocycles. The molecule has 1 saturated heterocycles. The van der Waals surface area contributed by atoms with Crippen LogP contribution in [0.4, 0.5) is 0 Å². The summed E-state index contributed by atoms with van der Waals surface area (Å²) in [7, 11) is 0. The van der Waals surface area contributed by atoms with Crippen LogP contribution in [0.15, 0.2) is 18.2 Å². The van der Waals surface area contributed by atoms with E-state index < -0.39 is 0 Å². The lowest BCUT2D eigenvalue weighted by Gasteiger charge is -2.15. The highest BCUT2D eigenvalue weighted by molar-refractivity contribution is 5.37. The summed E-state index contributed by atoms with van der Waals surface area (Å²) in [5.41, 5.74) is 2.81. The number of fused-ring (bicyclic) bond motifs is 1. The quantitative estimate of drug-likeness (QED) is 0.859. The van der Waals surface area contributed by atoms with E-state index in [1.165, 1.54) is 17.7 Å². The number of likely N-dealkylation sites (tertiary alicyclic amines) is 1. The first-order valence-electron chi connectivity index (χ1n) is 6.56. The van der Waals surface area contributed by atoms with Crippen molar-refractivity contribution in [1.29, 1.82) is 0 Å². The summed E-state index contributed by atoms with van der Waals surface area (Å²) < 4.78 is 6.06. The topological polar surface area (TPSA) is 24.5 Å². The van der Waals surface area contributed by atoms with Gasteiger partial charge in [-0.25, -0.2) is 0 Å². The summed E-state index contributed by atoms with van der Waals surface area (Å²) in [5.74, 6) is 1.04. The van der Waals surface area contributed by atoms with Crippen LogP contribution in [-0.2, 0) is 13.1 Å². The first-order valence-corrected chi connectivity index (χ1v) is 6.56. The van der Waals surface area contributed by atoms with Gasteiger partial charge in [0.2, 0.25) is 0 Å². The molecule has 1 atom stereocenters. The molecule has 0 aromatic heterocycles. The molecule has 3 nitrogen and oxygen atoms in total. The number of likely N-dealkylation sites (N-methyl/N-ethyl adjacent to an activating group) is 1. The molecule has 0 radical (unpaired) electrons. The van der Waals surface area contributed by atoms with Crippen LogP contribution in [-0.4, -0.2) is 30.6 Å². The maximum Gasteiger partial charge on any atom is 0.120 e. The van der Waals surface area contributed by atoms with Gasteiger partial charge in [0, 0.05) is 26.2 Å². The van der Waals surface area contributed by atoms with Crippen LogP contribution in [0.5, 0.6) is 5.75 Å². The minimum absolute atomic E-state index is 0.377. The smallest absolute Gasteiger partial charge is 0.120 e. The highest BCUT2D eigenvalue weighted by atomic mass is 16.5. The molecule has 1 unspecified atom stereocenters. The molecule has 17 heavy (non-hydrogen) atoms. The molecular weight excluding hydrogens is 212 g/mol. The molecule has 1 N–H and O–H groups in total. The first-order chi connectivity index (χ1) is 8.35. The van der Waals surface area contributed by atoms with Crippen LogP contribution in [0, 0.1) is 0 Å². The lowest BCUT2D eigenvalue weighted by molar-refractivity contribution is 0.202. The van der Waals surface area contributed by atoms with Gasteiger partial charge in [0.15, 0.2) is 0 Å². The zero-order valence-electron chi connectivity index (χ0n) is 10.4. The van der Waals surface area contributed by atoms with Crippen molar-refractivity contribution in [3.63, 3.8) is 0 Å². The Hall–Kier alpha value is -1.06. The molecule has 1 aromatic carbocycles. The average molecular weight is 232 g/mol. The van der Waals surface area contributed by atoms with Crippen molar-refractivity contribution in [3.05, 3.63) is 29.3 Å².